The van der Waals surface area contributed by atoms with Crippen molar-refractivity contribution in [1.82, 2.24) is 19.5 Å². The molecule has 1 N–H and O–H groups in total. The predicted octanol–water partition coefficient (Wildman–Crippen LogP) is 4.84. The molecule has 4 aromatic heterocycles. The minimum Gasteiger partial charge on any atom is -0.487 e. The molecule has 0 atom stereocenters. The first-order valence-corrected chi connectivity index (χ1v) is 11.4. The molecule has 0 radical (unpaired) electrons. The Hall–Kier alpha value is -4.05. The van der Waals surface area contributed by atoms with Crippen LogP contribution in [-0.2, 0) is 12.2 Å². The van der Waals surface area contributed by atoms with Gasteiger partial charge in [-0.3, -0.25) is 19.3 Å². The molecule has 0 aliphatic rings. The summed E-state index contributed by atoms with van der Waals surface area (Å²) in [6.45, 7) is 7.55. The van der Waals surface area contributed by atoms with E-state index in [1.165, 1.54) is 23.8 Å². The zero-order chi connectivity index (χ0) is 27.1. The van der Waals surface area contributed by atoms with E-state index in [0.29, 0.717) is 23.0 Å². The average molecular weight is 511 g/mol. The quantitative estimate of drug-likeness (QED) is 0.399. The molecule has 0 aliphatic heterocycles. The standard InChI is InChI=1S/C27H25F3N4O3/c1-14-11-32-24(19-7-6-8-22(33-19)27(4,5)36)23(30)25(14)34-15(2)9-21(16(3)26(34)35)37-13-20-18(29)10-17(28)12-31-20/h6-12,36H,13H2,1-5H3. The van der Waals surface area contributed by atoms with Crippen molar-refractivity contribution < 1.29 is 23.0 Å². The fraction of sp³-hybridized carbons (Fsp3) is 0.259. The summed E-state index contributed by atoms with van der Waals surface area (Å²) < 4.78 is 49.8. The number of hydrogen-bond donors (Lipinski definition) is 1. The summed E-state index contributed by atoms with van der Waals surface area (Å²) in [6, 6.07) is 7.06. The van der Waals surface area contributed by atoms with Crippen molar-refractivity contribution in [2.45, 2.75) is 46.8 Å². The van der Waals surface area contributed by atoms with Gasteiger partial charge >= 0.3 is 0 Å². The number of aryl methyl sites for hydroxylation is 2. The Morgan fingerprint density at radius 1 is 1.05 bits per heavy atom. The fourth-order valence-electron chi connectivity index (χ4n) is 3.84. The summed E-state index contributed by atoms with van der Waals surface area (Å²) in [7, 11) is 0. The van der Waals surface area contributed by atoms with Crippen LogP contribution < -0.4 is 10.3 Å². The van der Waals surface area contributed by atoms with E-state index >= 15 is 4.39 Å². The highest BCUT2D eigenvalue weighted by Gasteiger charge is 2.23. The van der Waals surface area contributed by atoms with Gasteiger partial charge in [-0.15, -0.1) is 0 Å². The van der Waals surface area contributed by atoms with Gasteiger partial charge in [0, 0.05) is 24.0 Å². The van der Waals surface area contributed by atoms with E-state index in [1.807, 2.05) is 0 Å². The Balaban J connectivity index is 1.77. The van der Waals surface area contributed by atoms with Gasteiger partial charge in [0.2, 0.25) is 0 Å². The lowest BCUT2D eigenvalue weighted by Gasteiger charge is -2.19. The summed E-state index contributed by atoms with van der Waals surface area (Å²) in [6.07, 6.45) is 2.32. The maximum atomic E-state index is 15.9. The van der Waals surface area contributed by atoms with E-state index in [-0.39, 0.29) is 40.7 Å². The maximum Gasteiger partial charge on any atom is 0.262 e. The SMILES string of the molecule is Cc1cnc(-c2cccc(C(C)(C)O)n2)c(F)c1-n1c(C)cc(OCc2ncc(F)cc2F)c(C)c1=O. The fourth-order valence-corrected chi connectivity index (χ4v) is 3.84. The normalized spacial score (nSPS) is 11.6. The van der Waals surface area contributed by atoms with Crippen molar-refractivity contribution in [1.29, 1.82) is 0 Å². The maximum absolute atomic E-state index is 15.9. The van der Waals surface area contributed by atoms with Crippen molar-refractivity contribution in [2.75, 3.05) is 0 Å². The zero-order valence-electron chi connectivity index (χ0n) is 20.9. The van der Waals surface area contributed by atoms with E-state index in [4.69, 9.17) is 4.74 Å². The molecule has 10 heteroatoms. The van der Waals surface area contributed by atoms with Gasteiger partial charge in [-0.25, -0.2) is 18.2 Å². The summed E-state index contributed by atoms with van der Waals surface area (Å²) >= 11 is 0. The molecule has 0 saturated carbocycles. The second-order valence-corrected chi connectivity index (χ2v) is 9.21. The molecule has 0 unspecified atom stereocenters. The van der Waals surface area contributed by atoms with Crippen LogP contribution in [0.3, 0.4) is 0 Å². The minimum atomic E-state index is -1.24. The predicted molar refractivity (Wildman–Crippen MR) is 131 cm³/mol. The molecule has 0 spiro atoms. The zero-order valence-corrected chi connectivity index (χ0v) is 20.9. The molecule has 0 aliphatic carbocycles. The highest BCUT2D eigenvalue weighted by molar-refractivity contribution is 5.61. The highest BCUT2D eigenvalue weighted by Crippen LogP contribution is 2.29. The number of aliphatic hydroxyl groups is 1. The molecule has 0 aromatic carbocycles. The van der Waals surface area contributed by atoms with Crippen LogP contribution in [0.5, 0.6) is 5.75 Å². The van der Waals surface area contributed by atoms with Crippen molar-refractivity contribution in [3.8, 4) is 22.8 Å². The van der Waals surface area contributed by atoms with Gasteiger partial charge in [-0.05, 0) is 52.3 Å². The van der Waals surface area contributed by atoms with E-state index in [0.717, 1.165) is 6.20 Å². The van der Waals surface area contributed by atoms with Gasteiger partial charge in [-0.2, -0.15) is 0 Å². The third-order valence-electron chi connectivity index (χ3n) is 5.85. The molecule has 7 nitrogen and oxygen atoms in total. The Morgan fingerprint density at radius 2 is 1.78 bits per heavy atom. The van der Waals surface area contributed by atoms with Crippen LogP contribution in [-0.4, -0.2) is 24.6 Å². The van der Waals surface area contributed by atoms with E-state index in [2.05, 4.69) is 15.0 Å². The monoisotopic (exact) mass is 510 g/mol. The molecule has 4 rings (SSSR count). The number of halogens is 3. The first kappa shape index (κ1) is 26.0. The lowest BCUT2D eigenvalue weighted by molar-refractivity contribution is 0.0739. The van der Waals surface area contributed by atoms with Crippen LogP contribution >= 0.6 is 0 Å². The van der Waals surface area contributed by atoms with Crippen molar-refractivity contribution in [3.05, 3.63) is 98.7 Å². The summed E-state index contributed by atoms with van der Waals surface area (Å²) in [5, 5.41) is 10.3. The first-order valence-electron chi connectivity index (χ1n) is 11.4. The Bertz CT molecular complexity index is 1560. The number of nitrogens with zero attached hydrogens (tertiary/aromatic N) is 4. The van der Waals surface area contributed by atoms with Crippen LogP contribution in [0.4, 0.5) is 13.2 Å². The van der Waals surface area contributed by atoms with Crippen molar-refractivity contribution in [2.24, 2.45) is 0 Å². The van der Waals surface area contributed by atoms with Crippen molar-refractivity contribution >= 4 is 0 Å². The Morgan fingerprint density at radius 3 is 2.46 bits per heavy atom. The highest BCUT2D eigenvalue weighted by atomic mass is 19.1. The second-order valence-electron chi connectivity index (χ2n) is 9.21. The first-order chi connectivity index (χ1) is 17.4. The Kier molecular flexibility index (Phi) is 6.88. The van der Waals surface area contributed by atoms with Gasteiger partial charge in [-0.1, -0.05) is 6.07 Å². The molecule has 4 heterocycles. The number of hydrogen-bond acceptors (Lipinski definition) is 6. The van der Waals surface area contributed by atoms with Gasteiger partial charge < -0.3 is 9.84 Å². The van der Waals surface area contributed by atoms with E-state index in [1.54, 1.807) is 45.9 Å². The lowest BCUT2D eigenvalue weighted by atomic mass is 10.0. The van der Waals surface area contributed by atoms with E-state index in [9.17, 15) is 18.7 Å². The molecule has 0 fully saturated rings. The largest absolute Gasteiger partial charge is 0.487 e. The second kappa shape index (κ2) is 9.78. The molecular weight excluding hydrogens is 485 g/mol. The molecule has 0 saturated heterocycles. The summed E-state index contributed by atoms with van der Waals surface area (Å²) in [5.74, 6) is -2.27. The van der Waals surface area contributed by atoms with Crippen LogP contribution in [0.1, 0.15) is 42.1 Å². The van der Waals surface area contributed by atoms with Gasteiger partial charge in [0.25, 0.3) is 5.56 Å². The van der Waals surface area contributed by atoms with Crippen LogP contribution in [0.15, 0.2) is 47.5 Å². The third-order valence-corrected chi connectivity index (χ3v) is 5.85. The molecule has 0 amide bonds. The third kappa shape index (κ3) is 5.10. The number of aromatic nitrogens is 4. The number of ether oxygens (including phenoxy) is 1. The summed E-state index contributed by atoms with van der Waals surface area (Å²) in [4.78, 5) is 25.6. The van der Waals surface area contributed by atoms with Gasteiger partial charge in [0.15, 0.2) is 11.6 Å². The summed E-state index contributed by atoms with van der Waals surface area (Å²) in [5.41, 5.74) is -0.506. The Labute approximate surface area is 211 Å². The van der Waals surface area contributed by atoms with Crippen LogP contribution in [0.25, 0.3) is 17.1 Å². The lowest BCUT2D eigenvalue weighted by Crippen LogP contribution is -2.25. The van der Waals surface area contributed by atoms with Crippen molar-refractivity contribution in [3.63, 3.8) is 0 Å². The minimum absolute atomic E-state index is 0.00357. The van der Waals surface area contributed by atoms with Crippen LogP contribution in [0, 0.1) is 38.2 Å². The molecule has 4 aromatic rings. The number of rotatable bonds is 6. The number of pyridine rings is 4. The molecular formula is C27H25F3N4O3. The van der Waals surface area contributed by atoms with Crippen LogP contribution in [0.2, 0.25) is 0 Å². The van der Waals surface area contributed by atoms with Gasteiger partial charge in [0.1, 0.15) is 35.2 Å². The van der Waals surface area contributed by atoms with Gasteiger partial charge in [0.05, 0.1) is 28.8 Å². The topological polar surface area (TPSA) is 90.1 Å². The van der Waals surface area contributed by atoms with E-state index < -0.39 is 28.6 Å². The smallest absolute Gasteiger partial charge is 0.262 e. The molecule has 192 valence electrons. The average Bonchev–Trinajstić information content (AvgIpc) is 2.83. The molecule has 37 heavy (non-hydrogen) atoms. The molecule has 0 bridgehead atoms.